The molecule has 0 N–H and O–H groups in total. The van der Waals surface area contributed by atoms with E-state index in [4.69, 9.17) is 14.2 Å². The second-order valence-electron chi connectivity index (χ2n) is 24.1. The van der Waals surface area contributed by atoms with E-state index in [1.165, 1.54) is 276 Å². The maximum atomic E-state index is 12.9. The molecule has 6 nitrogen and oxygen atoms in total. The molecule has 0 aliphatic carbocycles. The Morgan fingerprint density at radius 2 is 0.487 bits per heavy atom. The van der Waals surface area contributed by atoms with E-state index in [2.05, 4.69) is 63.3 Å². The van der Waals surface area contributed by atoms with Crippen LogP contribution in [0.3, 0.4) is 0 Å². The van der Waals surface area contributed by atoms with Crippen LogP contribution in [0.15, 0.2) is 48.6 Å². The number of hydrogen-bond donors (Lipinski definition) is 0. The zero-order chi connectivity index (χ0) is 57.8. The lowest BCUT2D eigenvalue weighted by Crippen LogP contribution is -2.30. The quantitative estimate of drug-likeness (QED) is 0.0261. The van der Waals surface area contributed by atoms with Gasteiger partial charge in [-0.1, -0.05) is 371 Å². The number of carbonyl (C=O) groups excluding carboxylic acids is 3. The minimum absolute atomic E-state index is 0.0897. The van der Waals surface area contributed by atoms with Gasteiger partial charge in [-0.3, -0.25) is 14.4 Å². The van der Waals surface area contributed by atoms with Gasteiger partial charge in [-0.2, -0.15) is 0 Å². The Morgan fingerprint density at radius 1 is 0.263 bits per heavy atom. The third-order valence-electron chi connectivity index (χ3n) is 16.1. The van der Waals surface area contributed by atoms with Crippen molar-refractivity contribution in [3.8, 4) is 0 Å². The van der Waals surface area contributed by atoms with E-state index in [0.29, 0.717) is 19.3 Å². The van der Waals surface area contributed by atoms with Gasteiger partial charge in [-0.05, 0) is 44.9 Å². The van der Waals surface area contributed by atoms with Crippen LogP contribution < -0.4 is 0 Å². The summed E-state index contributed by atoms with van der Waals surface area (Å²) in [6, 6.07) is 0. The largest absolute Gasteiger partial charge is 0.462 e. The van der Waals surface area contributed by atoms with E-state index in [0.717, 1.165) is 64.2 Å². The predicted molar refractivity (Wildman–Crippen MR) is 349 cm³/mol. The minimum atomic E-state index is -0.800. The van der Waals surface area contributed by atoms with Crippen LogP contribution in [-0.4, -0.2) is 37.2 Å². The van der Waals surface area contributed by atoms with Crippen LogP contribution in [0.1, 0.15) is 387 Å². The van der Waals surface area contributed by atoms with Crippen LogP contribution >= 0.6 is 0 Å². The Bertz CT molecular complexity index is 1380. The summed E-state index contributed by atoms with van der Waals surface area (Å²) in [5.41, 5.74) is 0. The van der Waals surface area contributed by atoms with Crippen molar-refractivity contribution in [3.05, 3.63) is 48.6 Å². The van der Waals surface area contributed by atoms with Gasteiger partial charge in [0.2, 0.25) is 0 Å². The van der Waals surface area contributed by atoms with Gasteiger partial charge in [-0.25, -0.2) is 0 Å². The Kier molecular flexibility index (Phi) is 66.6. The average Bonchev–Trinajstić information content (AvgIpc) is 3.46. The molecule has 0 bridgehead atoms. The number of esters is 3. The lowest BCUT2D eigenvalue weighted by molar-refractivity contribution is -0.166. The molecule has 0 radical (unpaired) electrons. The monoisotopic (exact) mass is 1120 g/mol. The van der Waals surface area contributed by atoms with Crippen LogP contribution in [0, 0.1) is 0 Å². The molecule has 6 heteroatoms. The fraction of sp³-hybridized carbons (Fsp3) is 0.851. The molecule has 0 aromatic carbocycles. The van der Waals surface area contributed by atoms with Gasteiger partial charge in [0, 0.05) is 19.3 Å². The van der Waals surface area contributed by atoms with Crippen molar-refractivity contribution in [1.29, 1.82) is 0 Å². The van der Waals surface area contributed by atoms with Crippen molar-refractivity contribution in [2.45, 2.75) is 393 Å². The van der Waals surface area contributed by atoms with Gasteiger partial charge in [0.05, 0.1) is 0 Å². The summed E-state index contributed by atoms with van der Waals surface area (Å²) in [6.07, 6.45) is 87.5. The zero-order valence-corrected chi connectivity index (χ0v) is 53.9. The summed E-state index contributed by atoms with van der Waals surface area (Å²) >= 11 is 0. The molecule has 0 saturated carbocycles. The molecule has 0 fully saturated rings. The van der Waals surface area contributed by atoms with E-state index < -0.39 is 6.10 Å². The molecular formula is C74H136O6. The summed E-state index contributed by atoms with van der Waals surface area (Å²) < 4.78 is 16.9. The number of allylic oxidation sites excluding steroid dienone is 8. The molecule has 0 amide bonds. The highest BCUT2D eigenvalue weighted by atomic mass is 16.6. The van der Waals surface area contributed by atoms with E-state index in [-0.39, 0.29) is 37.5 Å². The zero-order valence-electron chi connectivity index (χ0n) is 53.9. The molecule has 80 heavy (non-hydrogen) atoms. The SMILES string of the molecule is CC/C=C\C/C=C\C/C=C\C/C=C\CCC(=O)OCC(COC(=O)CCCCCCCCCCCCCCCCCCCCCCCCCCC)OC(=O)CCCCCCCCCCCCCCCCCCCCCCCCCC. The first-order chi connectivity index (χ1) is 39.5. The van der Waals surface area contributed by atoms with Crippen molar-refractivity contribution < 1.29 is 28.6 Å². The third kappa shape index (κ3) is 66.2. The van der Waals surface area contributed by atoms with Gasteiger partial charge in [0.25, 0.3) is 0 Å². The number of carbonyl (C=O) groups is 3. The van der Waals surface area contributed by atoms with Crippen LogP contribution in [0.2, 0.25) is 0 Å². The van der Waals surface area contributed by atoms with E-state index in [9.17, 15) is 14.4 Å². The number of ether oxygens (including phenoxy) is 3. The highest BCUT2D eigenvalue weighted by molar-refractivity contribution is 5.71. The molecular weight excluding hydrogens is 985 g/mol. The van der Waals surface area contributed by atoms with Crippen LogP contribution in [0.25, 0.3) is 0 Å². The second-order valence-corrected chi connectivity index (χ2v) is 24.1. The van der Waals surface area contributed by atoms with Gasteiger partial charge in [0.1, 0.15) is 13.2 Å². The molecule has 0 heterocycles. The fourth-order valence-corrected chi connectivity index (χ4v) is 10.8. The maximum absolute atomic E-state index is 12.9. The first-order valence-corrected chi connectivity index (χ1v) is 35.6. The average molecular weight is 1120 g/mol. The highest BCUT2D eigenvalue weighted by Crippen LogP contribution is 2.19. The molecule has 0 saturated heterocycles. The lowest BCUT2D eigenvalue weighted by Gasteiger charge is -2.18. The lowest BCUT2D eigenvalue weighted by atomic mass is 10.0. The number of unbranched alkanes of at least 4 members (excludes halogenated alkanes) is 47. The maximum Gasteiger partial charge on any atom is 0.306 e. The number of hydrogen-bond acceptors (Lipinski definition) is 6. The molecule has 1 unspecified atom stereocenters. The molecule has 0 aromatic heterocycles. The van der Waals surface area contributed by atoms with Crippen molar-refractivity contribution in [2.75, 3.05) is 13.2 Å². The summed E-state index contributed by atoms with van der Waals surface area (Å²) in [4.78, 5) is 38.4. The highest BCUT2D eigenvalue weighted by Gasteiger charge is 2.19. The van der Waals surface area contributed by atoms with E-state index in [1.807, 2.05) is 6.08 Å². The van der Waals surface area contributed by atoms with Gasteiger partial charge >= 0.3 is 17.9 Å². The van der Waals surface area contributed by atoms with Crippen molar-refractivity contribution in [3.63, 3.8) is 0 Å². The summed E-state index contributed by atoms with van der Waals surface area (Å²) in [7, 11) is 0. The topological polar surface area (TPSA) is 78.9 Å². The predicted octanol–water partition coefficient (Wildman–Crippen LogP) is 24.5. The first kappa shape index (κ1) is 77.4. The number of rotatable bonds is 66. The molecule has 0 spiro atoms. The smallest absolute Gasteiger partial charge is 0.306 e. The van der Waals surface area contributed by atoms with E-state index in [1.54, 1.807) is 0 Å². The van der Waals surface area contributed by atoms with Gasteiger partial charge in [0.15, 0.2) is 6.10 Å². The van der Waals surface area contributed by atoms with Crippen molar-refractivity contribution >= 4 is 17.9 Å². The van der Waals surface area contributed by atoms with Crippen LogP contribution in [-0.2, 0) is 28.6 Å². The first-order valence-electron chi connectivity index (χ1n) is 35.6. The Hall–Kier alpha value is -2.63. The van der Waals surface area contributed by atoms with Crippen molar-refractivity contribution in [1.82, 2.24) is 0 Å². The second kappa shape index (κ2) is 68.9. The Morgan fingerprint density at radius 3 is 0.762 bits per heavy atom. The normalized spacial score (nSPS) is 12.3. The standard InChI is InChI=1S/C74H136O6/c1-4-7-10-13-16-19-22-25-27-29-31-33-35-37-39-40-42-44-46-49-52-55-58-61-64-67-73(76)79-70-71(69-78-72(75)66-63-60-57-54-51-48-24-21-18-15-12-9-6-3)80-74(77)68-65-62-59-56-53-50-47-45-43-41-38-36-34-32-30-28-26-23-20-17-14-11-8-5-2/h9,12,18,21,48,51,57,60,71H,4-8,10-11,13-17,19-20,22-47,49-50,52-56,58-59,61-70H2,1-3H3/b12-9-,21-18-,51-48-,60-57-. The molecule has 1 atom stereocenters. The summed E-state index contributed by atoms with van der Waals surface area (Å²) in [5.74, 6) is -0.947. The molecule has 0 aliphatic heterocycles. The summed E-state index contributed by atoms with van der Waals surface area (Å²) in [5, 5.41) is 0. The Balaban J connectivity index is 4.24. The van der Waals surface area contributed by atoms with Gasteiger partial charge in [-0.15, -0.1) is 0 Å². The Labute approximate surface area is 498 Å². The van der Waals surface area contributed by atoms with Gasteiger partial charge < -0.3 is 14.2 Å². The molecule has 468 valence electrons. The molecule has 0 aromatic rings. The van der Waals surface area contributed by atoms with Crippen LogP contribution in [0.5, 0.6) is 0 Å². The molecule has 0 rings (SSSR count). The fourth-order valence-electron chi connectivity index (χ4n) is 10.8. The summed E-state index contributed by atoms with van der Waals surface area (Å²) in [6.45, 7) is 6.54. The van der Waals surface area contributed by atoms with E-state index >= 15 is 0 Å². The minimum Gasteiger partial charge on any atom is -0.462 e. The van der Waals surface area contributed by atoms with Crippen LogP contribution in [0.4, 0.5) is 0 Å². The molecule has 0 aliphatic rings. The third-order valence-corrected chi connectivity index (χ3v) is 16.1. The van der Waals surface area contributed by atoms with Crippen molar-refractivity contribution in [2.24, 2.45) is 0 Å².